The van der Waals surface area contributed by atoms with E-state index in [1.165, 1.54) is 0 Å². The van der Waals surface area contributed by atoms with Crippen LogP contribution in [-0.4, -0.2) is 24.4 Å². The number of hydrogen-bond donors (Lipinski definition) is 0. The molecule has 0 rings (SSSR count). The molecule has 0 saturated carbocycles. The van der Waals surface area contributed by atoms with Crippen molar-refractivity contribution < 1.29 is 18.3 Å². The first-order chi connectivity index (χ1) is 5.59. The summed E-state index contributed by atoms with van der Waals surface area (Å²) in [7, 11) is 0. The Morgan fingerprint density at radius 1 is 1.58 bits per heavy atom. The van der Waals surface area contributed by atoms with E-state index in [0.717, 1.165) is 6.42 Å². The van der Waals surface area contributed by atoms with E-state index < -0.39 is 17.8 Å². The van der Waals surface area contributed by atoms with E-state index in [2.05, 4.69) is 4.74 Å². The van der Waals surface area contributed by atoms with Crippen molar-refractivity contribution in [3.8, 4) is 0 Å². The van der Waals surface area contributed by atoms with E-state index in [9.17, 15) is 13.6 Å². The van der Waals surface area contributed by atoms with Gasteiger partial charge in [0, 0.05) is 0 Å². The molecule has 0 aromatic heterocycles. The molecule has 0 aromatic carbocycles. The van der Waals surface area contributed by atoms with Gasteiger partial charge in [-0.25, -0.2) is 8.78 Å². The molecule has 72 valence electrons. The van der Waals surface area contributed by atoms with Gasteiger partial charge in [-0.1, -0.05) is 13.3 Å². The van der Waals surface area contributed by atoms with Gasteiger partial charge in [-0.3, -0.25) is 4.79 Å². The zero-order valence-electron chi connectivity index (χ0n) is 6.73. The highest BCUT2D eigenvalue weighted by atomic mass is 35.5. The van der Waals surface area contributed by atoms with Gasteiger partial charge in [-0.05, 0) is 6.42 Å². The van der Waals surface area contributed by atoms with Gasteiger partial charge in [0.1, 0.15) is 0 Å². The first-order valence-electron chi connectivity index (χ1n) is 3.68. The molecule has 0 bridgehead atoms. The molecule has 0 saturated heterocycles. The van der Waals surface area contributed by atoms with Crippen molar-refractivity contribution in [2.75, 3.05) is 6.61 Å². The van der Waals surface area contributed by atoms with Gasteiger partial charge >= 0.3 is 5.97 Å². The van der Waals surface area contributed by atoms with Crippen molar-refractivity contribution in [2.24, 2.45) is 0 Å². The topological polar surface area (TPSA) is 26.3 Å². The summed E-state index contributed by atoms with van der Waals surface area (Å²) in [6.45, 7) is 2.06. The van der Waals surface area contributed by atoms with Crippen molar-refractivity contribution in [1.82, 2.24) is 0 Å². The fourth-order valence-electron chi connectivity index (χ4n) is 0.500. The lowest BCUT2D eigenvalue weighted by Gasteiger charge is -2.07. The summed E-state index contributed by atoms with van der Waals surface area (Å²) < 4.78 is 28.0. The Kier molecular flexibility index (Phi) is 5.98. The lowest BCUT2D eigenvalue weighted by atomic mass is 10.3. The standard InChI is InChI=1S/C7H11ClF2O2/c1-2-3-4-12-7(11)5(8)6(9)10/h5-6H,2-4H2,1H3. The van der Waals surface area contributed by atoms with Crippen molar-refractivity contribution in [3.63, 3.8) is 0 Å². The van der Waals surface area contributed by atoms with Crippen LogP contribution in [0.4, 0.5) is 8.78 Å². The van der Waals surface area contributed by atoms with Gasteiger partial charge in [0.05, 0.1) is 6.61 Å². The molecule has 12 heavy (non-hydrogen) atoms. The largest absolute Gasteiger partial charge is 0.464 e. The number of unbranched alkanes of at least 4 members (excludes halogenated alkanes) is 1. The predicted octanol–water partition coefficient (Wildman–Crippen LogP) is 2.20. The van der Waals surface area contributed by atoms with Gasteiger partial charge in [-0.2, -0.15) is 0 Å². The molecular weight excluding hydrogens is 190 g/mol. The molecule has 0 N–H and O–H groups in total. The zero-order chi connectivity index (χ0) is 9.56. The second kappa shape index (κ2) is 6.17. The van der Waals surface area contributed by atoms with Crippen molar-refractivity contribution >= 4 is 17.6 Å². The summed E-state index contributed by atoms with van der Waals surface area (Å²) in [6.07, 6.45) is -1.35. The van der Waals surface area contributed by atoms with Gasteiger partial charge in [0.2, 0.25) is 0 Å². The normalized spacial score (nSPS) is 13.1. The molecule has 0 aliphatic carbocycles. The van der Waals surface area contributed by atoms with Gasteiger partial charge in [0.15, 0.2) is 5.38 Å². The third kappa shape index (κ3) is 4.49. The number of halogens is 3. The fraction of sp³-hybridized carbons (Fsp3) is 0.857. The zero-order valence-corrected chi connectivity index (χ0v) is 7.48. The van der Waals surface area contributed by atoms with Crippen molar-refractivity contribution in [2.45, 2.75) is 31.6 Å². The minimum Gasteiger partial charge on any atom is -0.464 e. The second-order valence-electron chi connectivity index (χ2n) is 2.26. The lowest BCUT2D eigenvalue weighted by Crippen LogP contribution is -2.25. The highest BCUT2D eigenvalue weighted by Crippen LogP contribution is 2.10. The van der Waals surface area contributed by atoms with Crippen LogP contribution < -0.4 is 0 Å². The third-order valence-corrected chi connectivity index (χ3v) is 1.56. The van der Waals surface area contributed by atoms with E-state index in [1.807, 2.05) is 6.92 Å². The molecule has 0 aliphatic heterocycles. The Morgan fingerprint density at radius 2 is 2.17 bits per heavy atom. The molecule has 1 atom stereocenters. The van der Waals surface area contributed by atoms with E-state index in [1.54, 1.807) is 0 Å². The predicted molar refractivity (Wildman–Crippen MR) is 41.5 cm³/mol. The average molecular weight is 201 g/mol. The smallest absolute Gasteiger partial charge is 0.330 e. The van der Waals surface area contributed by atoms with Crippen LogP contribution in [0.5, 0.6) is 0 Å². The quantitative estimate of drug-likeness (QED) is 0.386. The number of carbonyl (C=O) groups excluding carboxylic acids is 1. The first kappa shape index (κ1) is 11.6. The van der Waals surface area contributed by atoms with Crippen molar-refractivity contribution in [3.05, 3.63) is 0 Å². The highest BCUT2D eigenvalue weighted by molar-refractivity contribution is 6.30. The molecule has 5 heteroatoms. The Hall–Kier alpha value is -0.380. The van der Waals surface area contributed by atoms with Crippen LogP contribution in [-0.2, 0) is 9.53 Å². The molecule has 0 fully saturated rings. The molecular formula is C7H11ClF2O2. The third-order valence-electron chi connectivity index (χ3n) is 1.19. The maximum atomic E-state index is 11.8. The molecule has 0 heterocycles. The Morgan fingerprint density at radius 3 is 2.58 bits per heavy atom. The average Bonchev–Trinajstić information content (AvgIpc) is 2.03. The summed E-state index contributed by atoms with van der Waals surface area (Å²) in [5.74, 6) is -1.04. The van der Waals surface area contributed by atoms with Gasteiger partial charge < -0.3 is 4.74 Å². The summed E-state index contributed by atoms with van der Waals surface area (Å²) in [5, 5.41) is -1.83. The minimum absolute atomic E-state index is 0.158. The summed E-state index contributed by atoms with van der Waals surface area (Å²) in [5.41, 5.74) is 0. The highest BCUT2D eigenvalue weighted by Gasteiger charge is 2.26. The molecule has 0 radical (unpaired) electrons. The number of rotatable bonds is 5. The van der Waals surface area contributed by atoms with Crippen LogP contribution in [0.15, 0.2) is 0 Å². The Bertz CT molecular complexity index is 141. The Labute approximate surface area is 74.8 Å². The maximum absolute atomic E-state index is 11.8. The first-order valence-corrected chi connectivity index (χ1v) is 4.12. The van der Waals surface area contributed by atoms with Gasteiger partial charge in [-0.15, -0.1) is 11.6 Å². The van der Waals surface area contributed by atoms with Crippen molar-refractivity contribution in [1.29, 1.82) is 0 Å². The van der Waals surface area contributed by atoms with Crippen LogP contribution in [0, 0.1) is 0 Å². The minimum atomic E-state index is -2.86. The maximum Gasteiger partial charge on any atom is 0.330 e. The second-order valence-corrected chi connectivity index (χ2v) is 2.73. The number of carbonyl (C=O) groups is 1. The van der Waals surface area contributed by atoms with Crippen LogP contribution in [0.25, 0.3) is 0 Å². The molecule has 0 aliphatic rings. The molecule has 2 nitrogen and oxygen atoms in total. The molecule has 1 unspecified atom stereocenters. The SMILES string of the molecule is CCCCOC(=O)C(Cl)C(F)F. The summed E-state index contributed by atoms with van der Waals surface area (Å²) >= 11 is 5.02. The monoisotopic (exact) mass is 200 g/mol. The van der Waals surface area contributed by atoms with E-state index in [0.29, 0.717) is 6.42 Å². The number of alkyl halides is 3. The Balaban J connectivity index is 3.57. The molecule has 0 aromatic rings. The van der Waals surface area contributed by atoms with Crippen LogP contribution in [0.3, 0.4) is 0 Å². The number of esters is 1. The molecule has 0 amide bonds. The number of ether oxygens (including phenoxy) is 1. The lowest BCUT2D eigenvalue weighted by molar-refractivity contribution is -0.146. The van der Waals surface area contributed by atoms with E-state index >= 15 is 0 Å². The summed E-state index contributed by atoms with van der Waals surface area (Å²) in [6, 6.07) is 0. The van der Waals surface area contributed by atoms with E-state index in [-0.39, 0.29) is 6.61 Å². The van der Waals surface area contributed by atoms with Gasteiger partial charge in [0.25, 0.3) is 6.43 Å². The molecule has 0 spiro atoms. The van der Waals surface area contributed by atoms with E-state index in [4.69, 9.17) is 11.6 Å². The van der Waals surface area contributed by atoms with Crippen LogP contribution in [0.1, 0.15) is 19.8 Å². The number of hydrogen-bond acceptors (Lipinski definition) is 2. The van der Waals surface area contributed by atoms with Crippen LogP contribution >= 0.6 is 11.6 Å². The fourth-order valence-corrected chi connectivity index (χ4v) is 0.563. The summed E-state index contributed by atoms with van der Waals surface area (Å²) in [4.78, 5) is 10.6. The van der Waals surface area contributed by atoms with Crippen LogP contribution in [0.2, 0.25) is 0 Å².